The van der Waals surface area contributed by atoms with Gasteiger partial charge in [-0.15, -0.1) is 0 Å². The van der Waals surface area contributed by atoms with Crippen LogP contribution in [0, 0.1) is 5.92 Å². The van der Waals surface area contributed by atoms with Crippen molar-refractivity contribution in [2.24, 2.45) is 5.92 Å². The molecule has 1 aromatic carbocycles. The molecule has 0 bridgehead atoms. The molecule has 1 aromatic rings. The molecule has 0 heterocycles. The monoisotopic (exact) mass is 259 g/mol. The second kappa shape index (κ2) is 6.48. The van der Waals surface area contributed by atoms with Crippen molar-refractivity contribution in [3.63, 3.8) is 0 Å². The Morgan fingerprint density at radius 2 is 1.94 bits per heavy atom. The molecule has 0 saturated carbocycles. The molecular formula is C13H19Cl2N. The second-order valence-corrected chi connectivity index (χ2v) is 5.02. The van der Waals surface area contributed by atoms with Crippen LogP contribution in [0.15, 0.2) is 18.2 Å². The van der Waals surface area contributed by atoms with Gasteiger partial charge in [0.05, 0.1) is 10.0 Å². The Labute approximate surface area is 108 Å². The summed E-state index contributed by atoms with van der Waals surface area (Å²) in [5.41, 5.74) is 1.21. The molecule has 0 aromatic heterocycles. The van der Waals surface area contributed by atoms with Crippen molar-refractivity contribution in [2.75, 3.05) is 7.05 Å². The predicted octanol–water partition coefficient (Wildman–Crippen LogP) is 4.69. The van der Waals surface area contributed by atoms with Gasteiger partial charge in [0.25, 0.3) is 0 Å². The van der Waals surface area contributed by atoms with Crippen molar-refractivity contribution in [3.8, 4) is 0 Å². The van der Waals surface area contributed by atoms with Crippen LogP contribution in [0.3, 0.4) is 0 Å². The van der Waals surface area contributed by atoms with Gasteiger partial charge in [-0.25, -0.2) is 0 Å². The first-order valence-corrected chi connectivity index (χ1v) is 6.48. The van der Waals surface area contributed by atoms with Gasteiger partial charge in [-0.05, 0) is 37.1 Å². The SMILES string of the molecule is CCCC(C)C(NC)c1ccc(Cl)c(Cl)c1. The molecule has 0 aliphatic carbocycles. The molecule has 0 amide bonds. The number of hydrogen-bond acceptors (Lipinski definition) is 1. The van der Waals surface area contributed by atoms with Gasteiger partial charge in [-0.2, -0.15) is 0 Å². The number of halogens is 2. The summed E-state index contributed by atoms with van der Waals surface area (Å²) in [6, 6.07) is 6.20. The van der Waals surface area contributed by atoms with Gasteiger partial charge in [-0.1, -0.05) is 49.5 Å². The molecule has 0 spiro atoms. The molecule has 2 unspecified atom stereocenters. The summed E-state index contributed by atoms with van der Waals surface area (Å²) >= 11 is 12.0. The second-order valence-electron chi connectivity index (χ2n) is 4.21. The Morgan fingerprint density at radius 1 is 1.25 bits per heavy atom. The van der Waals surface area contributed by atoms with Crippen LogP contribution in [-0.2, 0) is 0 Å². The fourth-order valence-electron chi connectivity index (χ4n) is 2.11. The molecular weight excluding hydrogens is 241 g/mol. The van der Waals surface area contributed by atoms with Crippen molar-refractivity contribution < 1.29 is 0 Å². The molecule has 3 heteroatoms. The first kappa shape index (κ1) is 13.8. The van der Waals surface area contributed by atoms with Gasteiger partial charge in [0.2, 0.25) is 0 Å². The minimum absolute atomic E-state index is 0.342. The van der Waals surface area contributed by atoms with Crippen molar-refractivity contribution in [3.05, 3.63) is 33.8 Å². The van der Waals surface area contributed by atoms with Crippen LogP contribution >= 0.6 is 23.2 Å². The Balaban J connectivity index is 2.90. The third-order valence-corrected chi connectivity index (χ3v) is 3.67. The average Bonchev–Trinajstić information content (AvgIpc) is 2.25. The summed E-state index contributed by atoms with van der Waals surface area (Å²) in [6.07, 6.45) is 2.40. The zero-order chi connectivity index (χ0) is 12.1. The minimum atomic E-state index is 0.342. The van der Waals surface area contributed by atoms with Crippen LogP contribution in [0.4, 0.5) is 0 Å². The highest BCUT2D eigenvalue weighted by atomic mass is 35.5. The number of rotatable bonds is 5. The van der Waals surface area contributed by atoms with E-state index in [4.69, 9.17) is 23.2 Å². The van der Waals surface area contributed by atoms with E-state index >= 15 is 0 Å². The van der Waals surface area contributed by atoms with Gasteiger partial charge in [0.15, 0.2) is 0 Å². The largest absolute Gasteiger partial charge is 0.313 e. The maximum atomic E-state index is 6.04. The maximum absolute atomic E-state index is 6.04. The lowest BCUT2D eigenvalue weighted by molar-refractivity contribution is 0.384. The molecule has 16 heavy (non-hydrogen) atoms. The Morgan fingerprint density at radius 3 is 2.44 bits per heavy atom. The summed E-state index contributed by atoms with van der Waals surface area (Å²) in [5, 5.41) is 4.59. The first-order valence-electron chi connectivity index (χ1n) is 5.72. The molecule has 1 rings (SSSR count). The Bertz CT molecular complexity index is 339. The average molecular weight is 260 g/mol. The molecule has 0 fully saturated rings. The zero-order valence-electron chi connectivity index (χ0n) is 10.1. The summed E-state index contributed by atoms with van der Waals surface area (Å²) in [6.45, 7) is 4.46. The number of hydrogen-bond donors (Lipinski definition) is 1. The summed E-state index contributed by atoms with van der Waals surface area (Å²) in [4.78, 5) is 0. The van der Waals surface area contributed by atoms with Crippen LogP contribution in [0.1, 0.15) is 38.3 Å². The number of nitrogens with one attached hydrogen (secondary N) is 1. The normalized spacial score (nSPS) is 14.8. The van der Waals surface area contributed by atoms with E-state index in [1.807, 2.05) is 25.2 Å². The van der Waals surface area contributed by atoms with E-state index in [1.54, 1.807) is 0 Å². The highest BCUT2D eigenvalue weighted by molar-refractivity contribution is 6.42. The standard InChI is InChI=1S/C13H19Cl2N/c1-4-5-9(2)13(16-3)10-6-7-11(14)12(15)8-10/h6-9,13,16H,4-5H2,1-3H3. The van der Waals surface area contributed by atoms with Gasteiger partial charge >= 0.3 is 0 Å². The third-order valence-electron chi connectivity index (χ3n) is 2.93. The van der Waals surface area contributed by atoms with Crippen LogP contribution in [0.5, 0.6) is 0 Å². The molecule has 1 nitrogen and oxygen atoms in total. The predicted molar refractivity (Wildman–Crippen MR) is 72.3 cm³/mol. The van der Waals surface area contributed by atoms with Crippen molar-refractivity contribution in [1.82, 2.24) is 5.32 Å². The molecule has 2 atom stereocenters. The zero-order valence-corrected chi connectivity index (χ0v) is 11.6. The van der Waals surface area contributed by atoms with Crippen molar-refractivity contribution in [1.29, 1.82) is 0 Å². The van der Waals surface area contributed by atoms with Gasteiger partial charge < -0.3 is 5.32 Å². The van der Waals surface area contributed by atoms with E-state index in [2.05, 4.69) is 19.2 Å². The molecule has 0 aliphatic heterocycles. The quantitative estimate of drug-likeness (QED) is 0.809. The lowest BCUT2D eigenvalue weighted by Gasteiger charge is -2.24. The van der Waals surface area contributed by atoms with E-state index in [0.29, 0.717) is 22.0 Å². The summed E-state index contributed by atoms with van der Waals surface area (Å²) in [5.74, 6) is 0.590. The fourth-order valence-corrected chi connectivity index (χ4v) is 2.41. The van der Waals surface area contributed by atoms with E-state index in [9.17, 15) is 0 Å². The number of benzene rings is 1. The van der Waals surface area contributed by atoms with E-state index in [1.165, 1.54) is 18.4 Å². The van der Waals surface area contributed by atoms with Crippen LogP contribution < -0.4 is 5.32 Å². The van der Waals surface area contributed by atoms with Gasteiger partial charge in [-0.3, -0.25) is 0 Å². The van der Waals surface area contributed by atoms with Crippen LogP contribution in [0.2, 0.25) is 10.0 Å². The van der Waals surface area contributed by atoms with Gasteiger partial charge in [0.1, 0.15) is 0 Å². The minimum Gasteiger partial charge on any atom is -0.313 e. The van der Waals surface area contributed by atoms with E-state index < -0.39 is 0 Å². The molecule has 0 radical (unpaired) electrons. The van der Waals surface area contributed by atoms with E-state index in [0.717, 1.165) is 0 Å². The first-order chi connectivity index (χ1) is 7.60. The maximum Gasteiger partial charge on any atom is 0.0595 e. The Kier molecular flexibility index (Phi) is 5.60. The Hall–Kier alpha value is -0.240. The molecule has 90 valence electrons. The fraction of sp³-hybridized carbons (Fsp3) is 0.538. The van der Waals surface area contributed by atoms with Crippen molar-refractivity contribution >= 4 is 23.2 Å². The highest BCUT2D eigenvalue weighted by Gasteiger charge is 2.17. The molecule has 0 aliphatic rings. The summed E-state index contributed by atoms with van der Waals surface area (Å²) in [7, 11) is 1.99. The van der Waals surface area contributed by atoms with E-state index in [-0.39, 0.29) is 0 Å². The van der Waals surface area contributed by atoms with Crippen LogP contribution in [-0.4, -0.2) is 7.05 Å². The van der Waals surface area contributed by atoms with Gasteiger partial charge in [0, 0.05) is 6.04 Å². The van der Waals surface area contributed by atoms with Crippen molar-refractivity contribution in [2.45, 2.75) is 32.7 Å². The third kappa shape index (κ3) is 3.38. The summed E-state index contributed by atoms with van der Waals surface area (Å²) < 4.78 is 0. The lowest BCUT2D eigenvalue weighted by Crippen LogP contribution is -2.23. The lowest BCUT2D eigenvalue weighted by atomic mass is 9.91. The molecule has 1 N–H and O–H groups in total. The smallest absolute Gasteiger partial charge is 0.0595 e. The molecule has 0 saturated heterocycles. The van der Waals surface area contributed by atoms with Crippen LogP contribution in [0.25, 0.3) is 0 Å². The topological polar surface area (TPSA) is 12.0 Å². The highest BCUT2D eigenvalue weighted by Crippen LogP contribution is 2.30.